The molecule has 3 nitrogen and oxygen atoms in total. The van der Waals surface area contributed by atoms with Crippen LogP contribution in [0.4, 0.5) is 10.1 Å². The molecule has 106 valence electrons. The van der Waals surface area contributed by atoms with Gasteiger partial charge >= 0.3 is 0 Å². The van der Waals surface area contributed by atoms with E-state index in [1.165, 1.54) is 12.1 Å². The van der Waals surface area contributed by atoms with Crippen LogP contribution in [-0.2, 0) is 6.54 Å². The average molecular weight is 357 g/mol. The van der Waals surface area contributed by atoms with E-state index in [9.17, 15) is 9.18 Å². The standard InChI is InChI=1S/C14H14BrFN2OS/c1-2-17-13-9(4-3-5-11(13)16)14(19)18-8-12-10(15)6-7-20-12/h3-7,17H,2,8H2,1H3,(H,18,19). The van der Waals surface area contributed by atoms with Gasteiger partial charge < -0.3 is 10.6 Å². The topological polar surface area (TPSA) is 41.1 Å². The molecular weight excluding hydrogens is 343 g/mol. The van der Waals surface area contributed by atoms with Gasteiger partial charge in [0.1, 0.15) is 5.82 Å². The molecule has 0 fully saturated rings. The minimum Gasteiger partial charge on any atom is -0.382 e. The summed E-state index contributed by atoms with van der Waals surface area (Å²) in [7, 11) is 0. The number of rotatable bonds is 5. The highest BCUT2D eigenvalue weighted by Gasteiger charge is 2.14. The Bertz CT molecular complexity index is 615. The van der Waals surface area contributed by atoms with Crippen molar-refractivity contribution in [2.75, 3.05) is 11.9 Å². The molecule has 1 aromatic carbocycles. The summed E-state index contributed by atoms with van der Waals surface area (Å²) in [5.74, 6) is -0.711. The first-order valence-electron chi connectivity index (χ1n) is 6.16. The molecule has 2 aromatic rings. The lowest BCUT2D eigenvalue weighted by molar-refractivity contribution is 0.0951. The van der Waals surface area contributed by atoms with Crippen LogP contribution in [0.2, 0.25) is 0 Å². The second-order valence-electron chi connectivity index (χ2n) is 4.07. The third-order valence-electron chi connectivity index (χ3n) is 2.71. The average Bonchev–Trinajstić information content (AvgIpc) is 2.84. The molecule has 0 unspecified atom stereocenters. The lowest BCUT2D eigenvalue weighted by atomic mass is 10.1. The van der Waals surface area contributed by atoms with E-state index in [1.54, 1.807) is 17.4 Å². The minimum absolute atomic E-state index is 0.248. The fraction of sp³-hybridized carbons (Fsp3) is 0.214. The summed E-state index contributed by atoms with van der Waals surface area (Å²) in [5.41, 5.74) is 0.567. The third-order valence-corrected chi connectivity index (χ3v) is 4.64. The van der Waals surface area contributed by atoms with Gasteiger partial charge in [0.25, 0.3) is 5.91 Å². The summed E-state index contributed by atoms with van der Waals surface area (Å²) < 4.78 is 14.7. The van der Waals surface area contributed by atoms with Crippen LogP contribution in [0.15, 0.2) is 34.1 Å². The number of hydrogen-bond acceptors (Lipinski definition) is 3. The van der Waals surface area contributed by atoms with Crippen molar-refractivity contribution in [3.63, 3.8) is 0 Å². The molecule has 2 N–H and O–H groups in total. The van der Waals surface area contributed by atoms with Crippen LogP contribution in [0, 0.1) is 5.82 Å². The summed E-state index contributed by atoms with van der Waals surface area (Å²) in [6.07, 6.45) is 0. The Morgan fingerprint density at radius 3 is 2.85 bits per heavy atom. The zero-order valence-corrected chi connectivity index (χ0v) is 13.3. The highest BCUT2D eigenvalue weighted by molar-refractivity contribution is 9.10. The first-order valence-corrected chi connectivity index (χ1v) is 7.83. The number of benzene rings is 1. The van der Waals surface area contributed by atoms with Gasteiger partial charge in [0.2, 0.25) is 0 Å². The van der Waals surface area contributed by atoms with E-state index in [1.807, 2.05) is 18.4 Å². The molecule has 1 heterocycles. The number of hydrogen-bond donors (Lipinski definition) is 2. The van der Waals surface area contributed by atoms with Crippen molar-refractivity contribution in [3.8, 4) is 0 Å². The molecule has 0 aliphatic heterocycles. The van der Waals surface area contributed by atoms with Crippen molar-refractivity contribution < 1.29 is 9.18 Å². The van der Waals surface area contributed by atoms with Gasteiger partial charge in [-0.1, -0.05) is 6.07 Å². The Morgan fingerprint density at radius 2 is 2.20 bits per heavy atom. The molecule has 0 saturated heterocycles. The molecule has 0 radical (unpaired) electrons. The lowest BCUT2D eigenvalue weighted by Crippen LogP contribution is -2.24. The Balaban J connectivity index is 2.13. The number of nitrogens with one attached hydrogen (secondary N) is 2. The Hall–Kier alpha value is -1.40. The molecule has 0 saturated carbocycles. The molecule has 20 heavy (non-hydrogen) atoms. The molecular formula is C14H14BrFN2OS. The quantitative estimate of drug-likeness (QED) is 0.849. The smallest absolute Gasteiger partial charge is 0.253 e. The van der Waals surface area contributed by atoms with E-state index >= 15 is 0 Å². The number of para-hydroxylation sites is 1. The lowest BCUT2D eigenvalue weighted by Gasteiger charge is -2.11. The Morgan fingerprint density at radius 1 is 1.40 bits per heavy atom. The van der Waals surface area contributed by atoms with Crippen LogP contribution in [0.25, 0.3) is 0 Å². The predicted molar refractivity (Wildman–Crippen MR) is 83.8 cm³/mol. The van der Waals surface area contributed by atoms with E-state index in [-0.39, 0.29) is 11.6 Å². The van der Waals surface area contributed by atoms with Gasteiger partial charge in [-0.15, -0.1) is 11.3 Å². The maximum absolute atomic E-state index is 13.7. The van der Waals surface area contributed by atoms with E-state index in [2.05, 4.69) is 26.6 Å². The van der Waals surface area contributed by atoms with Crippen LogP contribution in [-0.4, -0.2) is 12.5 Å². The van der Waals surface area contributed by atoms with Crippen LogP contribution in [0.1, 0.15) is 22.2 Å². The summed E-state index contributed by atoms with van der Waals surface area (Å²) >= 11 is 4.96. The van der Waals surface area contributed by atoms with Crippen LogP contribution in [0.3, 0.4) is 0 Å². The maximum Gasteiger partial charge on any atom is 0.253 e. The second-order valence-corrected chi connectivity index (χ2v) is 5.92. The van der Waals surface area contributed by atoms with E-state index in [4.69, 9.17) is 0 Å². The van der Waals surface area contributed by atoms with Gasteiger partial charge in [-0.25, -0.2) is 4.39 Å². The van der Waals surface area contributed by atoms with Crippen molar-refractivity contribution in [2.45, 2.75) is 13.5 Å². The third kappa shape index (κ3) is 3.37. The monoisotopic (exact) mass is 356 g/mol. The van der Waals surface area contributed by atoms with E-state index in [0.29, 0.717) is 18.7 Å². The summed E-state index contributed by atoms with van der Waals surface area (Å²) in [6, 6.07) is 6.41. The van der Waals surface area contributed by atoms with Crippen LogP contribution < -0.4 is 10.6 Å². The van der Waals surface area contributed by atoms with Gasteiger partial charge in [-0.3, -0.25) is 4.79 Å². The van der Waals surface area contributed by atoms with E-state index in [0.717, 1.165) is 9.35 Å². The number of carbonyl (C=O) groups is 1. The first-order chi connectivity index (χ1) is 9.63. The van der Waals surface area contributed by atoms with Crippen molar-refractivity contribution in [3.05, 3.63) is 50.4 Å². The van der Waals surface area contributed by atoms with Gasteiger partial charge in [-0.2, -0.15) is 0 Å². The molecule has 0 spiro atoms. The molecule has 0 atom stereocenters. The van der Waals surface area contributed by atoms with Crippen molar-refractivity contribution in [1.82, 2.24) is 5.32 Å². The zero-order valence-electron chi connectivity index (χ0n) is 10.9. The number of carbonyl (C=O) groups excluding carboxylic acids is 1. The fourth-order valence-electron chi connectivity index (χ4n) is 1.78. The molecule has 0 aliphatic carbocycles. The molecule has 2 rings (SSSR count). The van der Waals surface area contributed by atoms with Crippen LogP contribution in [0.5, 0.6) is 0 Å². The summed E-state index contributed by atoms with van der Waals surface area (Å²) in [5, 5.41) is 7.63. The van der Waals surface area contributed by atoms with Gasteiger partial charge in [0.15, 0.2) is 0 Å². The van der Waals surface area contributed by atoms with Gasteiger partial charge in [0.05, 0.1) is 17.8 Å². The van der Waals surface area contributed by atoms with E-state index < -0.39 is 5.82 Å². The van der Waals surface area contributed by atoms with Crippen molar-refractivity contribution in [2.24, 2.45) is 0 Å². The molecule has 6 heteroatoms. The highest BCUT2D eigenvalue weighted by Crippen LogP contribution is 2.23. The zero-order chi connectivity index (χ0) is 14.5. The largest absolute Gasteiger partial charge is 0.382 e. The number of amides is 1. The van der Waals surface area contributed by atoms with Crippen LogP contribution >= 0.6 is 27.3 Å². The van der Waals surface area contributed by atoms with Crippen molar-refractivity contribution in [1.29, 1.82) is 0 Å². The summed E-state index contributed by atoms with van der Waals surface area (Å²) in [4.78, 5) is 13.2. The first kappa shape index (κ1) is 15.0. The SMILES string of the molecule is CCNc1c(F)cccc1C(=O)NCc1sccc1Br. The highest BCUT2D eigenvalue weighted by atomic mass is 79.9. The van der Waals surface area contributed by atoms with Gasteiger partial charge in [0, 0.05) is 15.9 Å². The predicted octanol–water partition coefficient (Wildman–Crippen LogP) is 4.01. The molecule has 0 aliphatic rings. The number of thiophene rings is 1. The molecule has 0 bridgehead atoms. The second kappa shape index (κ2) is 6.85. The summed E-state index contributed by atoms with van der Waals surface area (Å²) in [6.45, 7) is 2.83. The van der Waals surface area contributed by atoms with Crippen molar-refractivity contribution >= 4 is 38.9 Å². The number of anilines is 1. The molecule has 1 amide bonds. The minimum atomic E-state index is -0.420. The normalized spacial score (nSPS) is 10.3. The Kier molecular flexibility index (Phi) is 5.14. The number of halogens is 2. The fourth-order valence-corrected chi connectivity index (χ4v) is 3.21. The molecule has 1 aromatic heterocycles. The maximum atomic E-state index is 13.7. The van der Waals surface area contributed by atoms with Gasteiger partial charge in [-0.05, 0) is 46.4 Å². The Labute approximate surface area is 129 Å².